The van der Waals surface area contributed by atoms with Crippen molar-refractivity contribution in [3.8, 4) is 0 Å². The third-order valence-corrected chi connectivity index (χ3v) is 2.57. The molecular formula is C9H9BrN2O3S. The standard InChI is InChI=1S/C9H9BrN2O3S/c1-3-15-8(14)6-4-16-9(11-6)12-7(13)5(2)10/h4H,2-3H2,1H3,(H,11,12,13). The molecule has 1 aromatic heterocycles. The summed E-state index contributed by atoms with van der Waals surface area (Å²) in [4.78, 5) is 26.4. The average molecular weight is 305 g/mol. The Morgan fingerprint density at radius 3 is 2.94 bits per heavy atom. The first-order valence-corrected chi connectivity index (χ1v) is 6.00. The number of esters is 1. The van der Waals surface area contributed by atoms with Crippen LogP contribution in [0.25, 0.3) is 0 Å². The number of nitrogens with zero attached hydrogens (tertiary/aromatic N) is 1. The summed E-state index contributed by atoms with van der Waals surface area (Å²) in [5.41, 5.74) is 0.183. The molecule has 86 valence electrons. The SMILES string of the molecule is C=C(Br)C(=O)Nc1nc(C(=O)OCC)cs1. The van der Waals surface area contributed by atoms with E-state index in [4.69, 9.17) is 4.74 Å². The van der Waals surface area contributed by atoms with Crippen LogP contribution in [-0.4, -0.2) is 23.5 Å². The quantitative estimate of drug-likeness (QED) is 0.684. The number of thiazole rings is 1. The molecule has 0 aliphatic heterocycles. The van der Waals surface area contributed by atoms with E-state index in [2.05, 4.69) is 32.8 Å². The molecule has 1 heterocycles. The van der Waals surface area contributed by atoms with Gasteiger partial charge in [-0.15, -0.1) is 11.3 Å². The van der Waals surface area contributed by atoms with Crippen molar-refractivity contribution < 1.29 is 14.3 Å². The molecule has 16 heavy (non-hydrogen) atoms. The normalized spacial score (nSPS) is 9.62. The lowest BCUT2D eigenvalue weighted by Gasteiger charge is -1.98. The van der Waals surface area contributed by atoms with Crippen LogP contribution in [0.3, 0.4) is 0 Å². The highest BCUT2D eigenvalue weighted by molar-refractivity contribution is 9.12. The number of hydrogen-bond acceptors (Lipinski definition) is 5. The number of hydrogen-bond donors (Lipinski definition) is 1. The largest absolute Gasteiger partial charge is 0.461 e. The molecule has 0 unspecified atom stereocenters. The van der Waals surface area contributed by atoms with E-state index < -0.39 is 11.9 Å². The molecule has 0 bridgehead atoms. The molecule has 5 nitrogen and oxygen atoms in total. The van der Waals surface area contributed by atoms with Crippen molar-refractivity contribution in [3.63, 3.8) is 0 Å². The van der Waals surface area contributed by atoms with Crippen LogP contribution in [0.15, 0.2) is 16.4 Å². The maximum atomic E-state index is 11.3. The van der Waals surface area contributed by atoms with Crippen LogP contribution in [0.1, 0.15) is 17.4 Å². The van der Waals surface area contributed by atoms with Crippen molar-refractivity contribution in [2.75, 3.05) is 11.9 Å². The summed E-state index contributed by atoms with van der Waals surface area (Å²) in [6.45, 7) is 5.41. The monoisotopic (exact) mass is 304 g/mol. The molecule has 0 saturated heterocycles. The number of aromatic nitrogens is 1. The molecule has 7 heteroatoms. The van der Waals surface area contributed by atoms with Crippen molar-refractivity contribution in [2.24, 2.45) is 0 Å². The van der Waals surface area contributed by atoms with E-state index in [1.165, 1.54) is 5.38 Å². The Morgan fingerprint density at radius 2 is 2.38 bits per heavy atom. The third kappa shape index (κ3) is 3.42. The van der Waals surface area contributed by atoms with E-state index in [1.54, 1.807) is 6.92 Å². The molecule has 1 amide bonds. The van der Waals surface area contributed by atoms with Gasteiger partial charge < -0.3 is 4.74 Å². The number of anilines is 1. The van der Waals surface area contributed by atoms with Gasteiger partial charge in [0.2, 0.25) is 0 Å². The molecule has 0 aliphatic rings. The minimum Gasteiger partial charge on any atom is -0.461 e. The van der Waals surface area contributed by atoms with Crippen LogP contribution < -0.4 is 5.32 Å². The maximum absolute atomic E-state index is 11.3. The Bertz CT molecular complexity index is 430. The summed E-state index contributed by atoms with van der Waals surface area (Å²) >= 11 is 4.08. The van der Waals surface area contributed by atoms with Crippen LogP contribution in [0, 0.1) is 0 Å². The van der Waals surface area contributed by atoms with Crippen molar-refractivity contribution in [2.45, 2.75) is 6.92 Å². The second kappa shape index (κ2) is 5.76. The first-order chi connectivity index (χ1) is 7.54. The van der Waals surface area contributed by atoms with E-state index >= 15 is 0 Å². The molecule has 0 saturated carbocycles. The molecule has 0 aromatic carbocycles. The molecule has 1 N–H and O–H groups in total. The molecule has 1 rings (SSSR count). The van der Waals surface area contributed by atoms with Gasteiger partial charge in [-0.25, -0.2) is 9.78 Å². The smallest absolute Gasteiger partial charge is 0.357 e. The van der Waals surface area contributed by atoms with Gasteiger partial charge in [0, 0.05) is 5.38 Å². The number of amides is 1. The van der Waals surface area contributed by atoms with E-state index in [-0.39, 0.29) is 16.8 Å². The second-order valence-corrected chi connectivity index (χ2v) is 4.43. The minimum atomic E-state index is -0.503. The summed E-state index contributed by atoms with van der Waals surface area (Å²) in [6, 6.07) is 0. The van der Waals surface area contributed by atoms with Gasteiger partial charge in [-0.3, -0.25) is 10.1 Å². The highest BCUT2D eigenvalue weighted by atomic mass is 79.9. The van der Waals surface area contributed by atoms with Gasteiger partial charge in [0.1, 0.15) is 0 Å². The lowest BCUT2D eigenvalue weighted by molar-refractivity contribution is -0.112. The van der Waals surface area contributed by atoms with E-state index in [0.717, 1.165) is 11.3 Å². The fraction of sp³-hybridized carbons (Fsp3) is 0.222. The minimum absolute atomic E-state index is 0.183. The van der Waals surface area contributed by atoms with Crippen LogP contribution in [-0.2, 0) is 9.53 Å². The lowest BCUT2D eigenvalue weighted by Crippen LogP contribution is -2.11. The first kappa shape index (κ1) is 12.9. The predicted molar refractivity (Wildman–Crippen MR) is 64.8 cm³/mol. The number of nitrogens with one attached hydrogen (secondary N) is 1. The first-order valence-electron chi connectivity index (χ1n) is 4.33. The Kier molecular flexibility index (Phi) is 4.63. The van der Waals surface area contributed by atoms with Crippen molar-refractivity contribution >= 4 is 44.3 Å². The summed E-state index contributed by atoms with van der Waals surface area (Å²) in [6.07, 6.45) is 0. The number of ether oxygens (including phenoxy) is 1. The maximum Gasteiger partial charge on any atom is 0.357 e. The van der Waals surface area contributed by atoms with E-state index in [1.807, 2.05) is 0 Å². The number of carbonyl (C=O) groups is 2. The molecular weight excluding hydrogens is 296 g/mol. The van der Waals surface area contributed by atoms with Crippen LogP contribution in [0.5, 0.6) is 0 Å². The van der Waals surface area contributed by atoms with Crippen molar-refractivity contribution in [1.29, 1.82) is 0 Å². The Hall–Kier alpha value is -1.21. The van der Waals surface area contributed by atoms with E-state index in [0.29, 0.717) is 5.13 Å². The fourth-order valence-corrected chi connectivity index (χ4v) is 1.57. The predicted octanol–water partition coefficient (Wildman–Crippen LogP) is 2.17. The van der Waals surface area contributed by atoms with Gasteiger partial charge in [0.05, 0.1) is 11.1 Å². The van der Waals surface area contributed by atoms with Gasteiger partial charge in [0.15, 0.2) is 10.8 Å². The number of halogens is 1. The summed E-state index contributed by atoms with van der Waals surface area (Å²) in [5, 5.41) is 4.32. The van der Waals surface area contributed by atoms with E-state index in [9.17, 15) is 9.59 Å². The van der Waals surface area contributed by atoms with Gasteiger partial charge in [-0.2, -0.15) is 0 Å². The van der Waals surface area contributed by atoms with Crippen LogP contribution in [0.2, 0.25) is 0 Å². The van der Waals surface area contributed by atoms with Gasteiger partial charge in [-0.05, 0) is 22.9 Å². The lowest BCUT2D eigenvalue weighted by atomic mass is 10.5. The van der Waals surface area contributed by atoms with Crippen LogP contribution >= 0.6 is 27.3 Å². The molecule has 0 radical (unpaired) electrons. The molecule has 0 atom stereocenters. The molecule has 0 fully saturated rings. The van der Waals surface area contributed by atoms with Gasteiger partial charge >= 0.3 is 5.97 Å². The molecule has 0 aliphatic carbocycles. The zero-order valence-electron chi connectivity index (χ0n) is 8.45. The van der Waals surface area contributed by atoms with Gasteiger partial charge in [-0.1, -0.05) is 6.58 Å². The zero-order chi connectivity index (χ0) is 12.1. The number of carbonyl (C=O) groups excluding carboxylic acids is 2. The topological polar surface area (TPSA) is 68.3 Å². The Balaban J connectivity index is 2.68. The average Bonchev–Trinajstić information content (AvgIpc) is 2.66. The Morgan fingerprint density at radius 1 is 1.69 bits per heavy atom. The highest BCUT2D eigenvalue weighted by Gasteiger charge is 2.13. The summed E-state index contributed by atoms with van der Waals surface area (Å²) in [5.74, 6) is -0.901. The van der Waals surface area contributed by atoms with Crippen LogP contribution in [0.4, 0.5) is 5.13 Å². The van der Waals surface area contributed by atoms with Crippen molar-refractivity contribution in [3.05, 3.63) is 22.1 Å². The zero-order valence-corrected chi connectivity index (χ0v) is 10.9. The molecule has 1 aromatic rings. The van der Waals surface area contributed by atoms with Crippen molar-refractivity contribution in [1.82, 2.24) is 4.98 Å². The van der Waals surface area contributed by atoms with Gasteiger partial charge in [0.25, 0.3) is 5.91 Å². The number of rotatable bonds is 4. The fourth-order valence-electron chi connectivity index (χ4n) is 0.795. The second-order valence-electron chi connectivity index (χ2n) is 2.62. The third-order valence-electron chi connectivity index (χ3n) is 1.46. The highest BCUT2D eigenvalue weighted by Crippen LogP contribution is 2.17. The Labute approximate surface area is 105 Å². The summed E-state index contributed by atoms with van der Waals surface area (Å²) in [7, 11) is 0. The summed E-state index contributed by atoms with van der Waals surface area (Å²) < 4.78 is 4.95. The molecule has 0 spiro atoms.